The Balaban J connectivity index is 1.59. The fourth-order valence-electron chi connectivity index (χ4n) is 5.68. The summed E-state index contributed by atoms with van der Waals surface area (Å²) in [4.78, 5) is 41.0. The summed E-state index contributed by atoms with van der Waals surface area (Å²) < 4.78 is 5.74. The van der Waals surface area contributed by atoms with Crippen molar-refractivity contribution in [2.24, 2.45) is 10.7 Å². The maximum Gasteiger partial charge on any atom is 0.272 e. The van der Waals surface area contributed by atoms with Gasteiger partial charge in [-0.25, -0.2) is 20.0 Å². The molecule has 6 rings (SSSR count). The summed E-state index contributed by atoms with van der Waals surface area (Å²) in [7, 11) is 0. The highest BCUT2D eigenvalue weighted by Gasteiger charge is 2.47. The predicted molar refractivity (Wildman–Crippen MR) is 156 cm³/mol. The highest BCUT2D eigenvalue weighted by molar-refractivity contribution is 6.05. The van der Waals surface area contributed by atoms with Crippen LogP contribution >= 0.6 is 0 Å². The molecule has 3 aromatic carbocycles. The minimum atomic E-state index is -1.11. The van der Waals surface area contributed by atoms with Crippen LogP contribution < -0.4 is 5.73 Å². The van der Waals surface area contributed by atoms with E-state index >= 15 is 0 Å². The standard InChI is InChI=1S/C32H30N6O3/c1-22-20-41-18-17-37(22)38(31(40)24-11-6-3-7-12-24)27-15-16-36-32(27,19-23-9-4-2-5-10-23)29-25-13-8-14-26(30(33)39)28(25)34-21-35-29/h2-16,21-22H,17-20H2,1H3,(H2,33,39). The lowest BCUT2D eigenvalue weighted by Crippen LogP contribution is -2.57. The molecule has 2 aliphatic heterocycles. The van der Waals surface area contributed by atoms with E-state index < -0.39 is 11.4 Å². The van der Waals surface area contributed by atoms with Crippen molar-refractivity contribution in [2.75, 3.05) is 19.8 Å². The third kappa shape index (κ3) is 4.79. The second-order valence-corrected chi connectivity index (χ2v) is 10.2. The summed E-state index contributed by atoms with van der Waals surface area (Å²) >= 11 is 0. The number of nitrogens with zero attached hydrogens (tertiary/aromatic N) is 5. The summed E-state index contributed by atoms with van der Waals surface area (Å²) in [6.45, 7) is 3.53. The molecule has 0 saturated carbocycles. The molecule has 9 heteroatoms. The van der Waals surface area contributed by atoms with Crippen molar-refractivity contribution in [3.05, 3.63) is 119 Å². The zero-order valence-electron chi connectivity index (χ0n) is 22.7. The number of allylic oxidation sites excluding steroid dienone is 1. The molecule has 0 aliphatic carbocycles. The number of benzene rings is 3. The van der Waals surface area contributed by atoms with Crippen LogP contribution in [0.5, 0.6) is 0 Å². The largest absolute Gasteiger partial charge is 0.378 e. The summed E-state index contributed by atoms with van der Waals surface area (Å²) in [5.74, 6) is -0.754. The number of hydrazine groups is 1. The van der Waals surface area contributed by atoms with Crippen LogP contribution in [-0.2, 0) is 16.7 Å². The fourth-order valence-corrected chi connectivity index (χ4v) is 5.68. The molecule has 1 aromatic heterocycles. The summed E-state index contributed by atoms with van der Waals surface area (Å²) in [6, 6.07) is 24.4. The molecule has 4 aromatic rings. The Labute approximate surface area is 238 Å². The number of nitrogens with two attached hydrogens (primary N) is 1. The first-order valence-electron chi connectivity index (χ1n) is 13.6. The topological polar surface area (TPSA) is 114 Å². The maximum atomic E-state index is 14.4. The van der Waals surface area contributed by atoms with Gasteiger partial charge in [-0.1, -0.05) is 60.7 Å². The average Bonchev–Trinajstić information content (AvgIpc) is 3.42. The number of primary amides is 1. The van der Waals surface area contributed by atoms with Gasteiger partial charge < -0.3 is 10.5 Å². The van der Waals surface area contributed by atoms with Crippen LogP contribution in [0.15, 0.2) is 102 Å². The molecule has 2 atom stereocenters. The zero-order valence-corrected chi connectivity index (χ0v) is 22.7. The number of aliphatic imine (C=N–C) groups is 1. The second-order valence-electron chi connectivity index (χ2n) is 10.2. The molecule has 2 N–H and O–H groups in total. The maximum absolute atomic E-state index is 14.4. The van der Waals surface area contributed by atoms with Crippen LogP contribution in [0.25, 0.3) is 10.9 Å². The van der Waals surface area contributed by atoms with Crippen molar-refractivity contribution in [3.63, 3.8) is 0 Å². The highest BCUT2D eigenvalue weighted by Crippen LogP contribution is 2.44. The molecule has 0 spiro atoms. The first kappa shape index (κ1) is 26.5. The van der Waals surface area contributed by atoms with Crippen molar-refractivity contribution in [1.82, 2.24) is 20.0 Å². The Kier molecular flexibility index (Phi) is 7.13. The third-order valence-corrected chi connectivity index (χ3v) is 7.61. The Morgan fingerprint density at radius 1 is 1.02 bits per heavy atom. The van der Waals surface area contributed by atoms with E-state index in [1.807, 2.05) is 79.7 Å². The number of fused-ring (bicyclic) bond motifs is 1. The molecule has 0 bridgehead atoms. The number of ether oxygens (including phenoxy) is 1. The Morgan fingerprint density at radius 2 is 1.78 bits per heavy atom. The van der Waals surface area contributed by atoms with Gasteiger partial charge in [-0.3, -0.25) is 14.6 Å². The van der Waals surface area contributed by atoms with Crippen molar-refractivity contribution in [3.8, 4) is 0 Å². The van der Waals surface area contributed by atoms with E-state index in [0.29, 0.717) is 59.6 Å². The second kappa shape index (κ2) is 11.0. The molecule has 2 unspecified atom stereocenters. The number of rotatable bonds is 7. The van der Waals surface area contributed by atoms with Crippen LogP contribution in [0.3, 0.4) is 0 Å². The third-order valence-electron chi connectivity index (χ3n) is 7.61. The molecule has 1 fully saturated rings. The van der Waals surface area contributed by atoms with E-state index in [0.717, 1.165) is 5.56 Å². The van der Waals surface area contributed by atoms with Gasteiger partial charge >= 0.3 is 0 Å². The van der Waals surface area contributed by atoms with E-state index in [1.54, 1.807) is 23.4 Å². The molecule has 3 heterocycles. The minimum Gasteiger partial charge on any atom is -0.378 e. The van der Waals surface area contributed by atoms with Crippen LogP contribution in [0, 0.1) is 0 Å². The van der Waals surface area contributed by atoms with Gasteiger partial charge in [0.25, 0.3) is 11.8 Å². The van der Waals surface area contributed by atoms with Crippen LogP contribution in [0.1, 0.15) is 38.9 Å². The molecule has 2 aliphatic rings. The molecule has 206 valence electrons. The van der Waals surface area contributed by atoms with Gasteiger partial charge in [-0.05, 0) is 36.8 Å². The SMILES string of the molecule is CC1COCCN1N(C(=O)c1ccccc1)C1=CC=NC1(Cc1ccccc1)c1ncnc2c(C(N)=O)cccc12. The Hall–Kier alpha value is -4.73. The Morgan fingerprint density at radius 3 is 2.51 bits per heavy atom. The predicted octanol–water partition coefficient (Wildman–Crippen LogP) is 3.91. The van der Waals surface area contributed by atoms with Gasteiger partial charge in [0.05, 0.1) is 41.7 Å². The fraction of sp³-hybridized carbons (Fsp3) is 0.219. The van der Waals surface area contributed by atoms with Crippen molar-refractivity contribution < 1.29 is 14.3 Å². The number of carbonyl (C=O) groups excluding carboxylic acids is 2. The van der Waals surface area contributed by atoms with Gasteiger partial charge in [-0.15, -0.1) is 0 Å². The van der Waals surface area contributed by atoms with Crippen LogP contribution in [0.2, 0.25) is 0 Å². The zero-order chi connectivity index (χ0) is 28.4. The van der Waals surface area contributed by atoms with E-state index in [2.05, 4.69) is 9.99 Å². The monoisotopic (exact) mass is 546 g/mol. The first-order chi connectivity index (χ1) is 20.0. The molecule has 1 saturated heterocycles. The van der Waals surface area contributed by atoms with Crippen molar-refractivity contribution >= 4 is 28.9 Å². The lowest BCUT2D eigenvalue weighted by atomic mass is 9.83. The number of carbonyl (C=O) groups is 2. The van der Waals surface area contributed by atoms with Gasteiger partial charge in [0.2, 0.25) is 0 Å². The lowest BCUT2D eigenvalue weighted by Gasteiger charge is -2.45. The van der Waals surface area contributed by atoms with Crippen LogP contribution in [0.4, 0.5) is 0 Å². The van der Waals surface area contributed by atoms with Crippen molar-refractivity contribution in [2.45, 2.75) is 24.9 Å². The van der Waals surface area contributed by atoms with Gasteiger partial charge in [0.1, 0.15) is 11.9 Å². The van der Waals surface area contributed by atoms with E-state index in [9.17, 15) is 9.59 Å². The minimum absolute atomic E-state index is 0.0732. The van der Waals surface area contributed by atoms with Gasteiger partial charge in [0.15, 0.2) is 0 Å². The Bertz CT molecular complexity index is 1660. The molecular formula is C32H30N6O3. The quantitative estimate of drug-likeness (QED) is 0.376. The summed E-state index contributed by atoms with van der Waals surface area (Å²) in [5, 5.41) is 4.45. The highest BCUT2D eigenvalue weighted by atomic mass is 16.5. The van der Waals surface area contributed by atoms with Crippen molar-refractivity contribution in [1.29, 1.82) is 0 Å². The summed E-state index contributed by atoms with van der Waals surface area (Å²) in [5.41, 5.74) is 8.16. The van der Waals surface area contributed by atoms with E-state index in [-0.39, 0.29) is 11.9 Å². The smallest absolute Gasteiger partial charge is 0.272 e. The molecule has 9 nitrogen and oxygen atoms in total. The normalized spacial score (nSPS) is 20.6. The molecular weight excluding hydrogens is 516 g/mol. The average molecular weight is 547 g/mol. The molecule has 2 amide bonds. The number of hydrogen-bond donors (Lipinski definition) is 1. The van der Waals surface area contributed by atoms with E-state index in [4.69, 9.17) is 20.4 Å². The molecule has 0 radical (unpaired) electrons. The number of hydrogen-bond acceptors (Lipinski definition) is 7. The van der Waals surface area contributed by atoms with Gasteiger partial charge in [0, 0.05) is 30.1 Å². The van der Waals surface area contributed by atoms with Crippen LogP contribution in [-0.4, -0.2) is 63.8 Å². The first-order valence-corrected chi connectivity index (χ1v) is 13.6. The number of para-hydroxylation sites is 1. The van der Waals surface area contributed by atoms with E-state index in [1.165, 1.54) is 6.33 Å². The number of morpholine rings is 1. The number of aromatic nitrogens is 2. The summed E-state index contributed by atoms with van der Waals surface area (Å²) in [6.07, 6.45) is 5.47. The molecule has 41 heavy (non-hydrogen) atoms. The number of amides is 2. The van der Waals surface area contributed by atoms with Gasteiger partial charge in [-0.2, -0.15) is 0 Å². The lowest BCUT2D eigenvalue weighted by molar-refractivity contribution is -0.0920.